The van der Waals surface area contributed by atoms with E-state index < -0.39 is 6.43 Å². The van der Waals surface area contributed by atoms with Crippen LogP contribution < -0.4 is 0 Å². The molecule has 0 unspecified atom stereocenters. The van der Waals surface area contributed by atoms with E-state index in [-0.39, 0.29) is 4.88 Å². The van der Waals surface area contributed by atoms with E-state index in [0.29, 0.717) is 0 Å². The molecule has 14 heavy (non-hydrogen) atoms. The van der Waals surface area contributed by atoms with Gasteiger partial charge in [0.15, 0.2) is 0 Å². The zero-order valence-electron chi connectivity index (χ0n) is 7.97. The van der Waals surface area contributed by atoms with Crippen LogP contribution in [0.5, 0.6) is 0 Å². The van der Waals surface area contributed by atoms with Crippen molar-refractivity contribution in [3.05, 3.63) is 34.2 Å². The topological polar surface area (TPSA) is 0 Å². The molecule has 0 fully saturated rings. The fourth-order valence-electron chi connectivity index (χ4n) is 1.62. The van der Waals surface area contributed by atoms with Gasteiger partial charge in [0.25, 0.3) is 6.43 Å². The maximum Gasteiger partial charge on any atom is 0.272 e. The Kier molecular flexibility index (Phi) is 2.27. The van der Waals surface area contributed by atoms with E-state index in [1.165, 1.54) is 11.3 Å². The normalized spacial score (nSPS) is 11.5. The van der Waals surface area contributed by atoms with E-state index in [1.54, 1.807) is 6.07 Å². The number of rotatable bonds is 1. The molecule has 0 aliphatic heterocycles. The monoisotopic (exact) mass is 212 g/mol. The molecule has 0 atom stereocenters. The van der Waals surface area contributed by atoms with Crippen molar-refractivity contribution in [3.63, 3.8) is 0 Å². The summed E-state index contributed by atoms with van der Waals surface area (Å²) in [5.74, 6) is 0. The molecule has 1 heterocycles. The van der Waals surface area contributed by atoms with E-state index in [0.717, 1.165) is 21.2 Å². The summed E-state index contributed by atoms with van der Waals surface area (Å²) in [6.45, 7) is 3.94. The highest BCUT2D eigenvalue weighted by Gasteiger charge is 2.12. The van der Waals surface area contributed by atoms with Gasteiger partial charge >= 0.3 is 0 Å². The minimum absolute atomic E-state index is 0.161. The molecule has 0 spiro atoms. The Hall–Kier alpha value is -0.960. The predicted octanol–water partition coefficient (Wildman–Crippen LogP) is 4.46. The molecule has 0 amide bonds. The fraction of sp³-hybridized carbons (Fsp3) is 0.273. The van der Waals surface area contributed by atoms with Gasteiger partial charge in [-0.15, -0.1) is 11.3 Å². The third kappa shape index (κ3) is 1.52. The summed E-state index contributed by atoms with van der Waals surface area (Å²) in [5, 5.41) is 0.955. The standard InChI is InChI=1S/C11H10F2S/c1-6-3-7(2)8-5-10(11(12)13)14-9(8)4-6/h3-5,11H,1-2H3. The molecule has 0 bridgehead atoms. The minimum Gasteiger partial charge on any atom is -0.204 e. The van der Waals surface area contributed by atoms with Crippen LogP contribution in [0.15, 0.2) is 18.2 Å². The molecule has 0 N–H and O–H groups in total. The van der Waals surface area contributed by atoms with Gasteiger partial charge in [0, 0.05) is 4.70 Å². The fourth-order valence-corrected chi connectivity index (χ4v) is 2.71. The van der Waals surface area contributed by atoms with Crippen molar-refractivity contribution in [2.75, 3.05) is 0 Å². The molecular weight excluding hydrogens is 202 g/mol. The second-order valence-electron chi connectivity index (χ2n) is 3.44. The lowest BCUT2D eigenvalue weighted by molar-refractivity contribution is 0.156. The average Bonchev–Trinajstić information content (AvgIpc) is 2.47. The number of benzene rings is 1. The quantitative estimate of drug-likeness (QED) is 0.654. The molecule has 0 radical (unpaired) electrons. The van der Waals surface area contributed by atoms with Crippen LogP contribution in [0.4, 0.5) is 8.78 Å². The van der Waals surface area contributed by atoms with Gasteiger partial charge in [-0.2, -0.15) is 0 Å². The molecule has 3 heteroatoms. The summed E-state index contributed by atoms with van der Waals surface area (Å²) in [6.07, 6.45) is -2.35. The maximum absolute atomic E-state index is 12.4. The highest BCUT2D eigenvalue weighted by atomic mass is 32.1. The maximum atomic E-state index is 12.4. The van der Waals surface area contributed by atoms with Gasteiger partial charge in [-0.1, -0.05) is 6.07 Å². The molecule has 1 aromatic heterocycles. The van der Waals surface area contributed by atoms with E-state index in [4.69, 9.17) is 0 Å². The van der Waals surface area contributed by atoms with Crippen LogP contribution in [0.2, 0.25) is 0 Å². The summed E-state index contributed by atoms with van der Waals surface area (Å²) in [7, 11) is 0. The van der Waals surface area contributed by atoms with Crippen molar-refractivity contribution in [2.45, 2.75) is 20.3 Å². The molecule has 2 rings (SSSR count). The van der Waals surface area contributed by atoms with Gasteiger partial charge in [0.2, 0.25) is 0 Å². The molecule has 0 aliphatic carbocycles. The molecule has 0 saturated carbocycles. The van der Waals surface area contributed by atoms with Crippen molar-refractivity contribution in [3.8, 4) is 0 Å². The molecule has 74 valence electrons. The van der Waals surface area contributed by atoms with Gasteiger partial charge in [-0.3, -0.25) is 0 Å². The molecule has 0 saturated heterocycles. The summed E-state index contributed by atoms with van der Waals surface area (Å²) < 4.78 is 25.9. The number of thiophene rings is 1. The van der Waals surface area contributed by atoms with Crippen molar-refractivity contribution < 1.29 is 8.78 Å². The zero-order chi connectivity index (χ0) is 10.3. The molecule has 0 nitrogen and oxygen atoms in total. The van der Waals surface area contributed by atoms with Crippen LogP contribution in [0.25, 0.3) is 10.1 Å². The van der Waals surface area contributed by atoms with Gasteiger partial charge in [-0.25, -0.2) is 8.78 Å². The lowest BCUT2D eigenvalue weighted by atomic mass is 10.1. The summed E-state index contributed by atoms with van der Waals surface area (Å²) in [4.78, 5) is 0.161. The molecule has 1 aromatic carbocycles. The molecular formula is C11H10F2S. The highest BCUT2D eigenvalue weighted by Crippen LogP contribution is 2.34. The average molecular weight is 212 g/mol. The Morgan fingerprint density at radius 2 is 1.86 bits per heavy atom. The van der Waals surface area contributed by atoms with Crippen molar-refractivity contribution >= 4 is 21.4 Å². The van der Waals surface area contributed by atoms with E-state index in [9.17, 15) is 8.78 Å². The summed E-state index contributed by atoms with van der Waals surface area (Å²) >= 11 is 1.18. The third-order valence-corrected chi connectivity index (χ3v) is 3.31. The highest BCUT2D eigenvalue weighted by molar-refractivity contribution is 7.19. The third-order valence-electron chi connectivity index (χ3n) is 2.22. The van der Waals surface area contributed by atoms with Crippen molar-refractivity contribution in [1.82, 2.24) is 0 Å². The second kappa shape index (κ2) is 3.31. The van der Waals surface area contributed by atoms with Crippen LogP contribution in [-0.2, 0) is 0 Å². The first-order chi connectivity index (χ1) is 6.58. The van der Waals surface area contributed by atoms with Gasteiger partial charge in [0.1, 0.15) is 0 Å². The first-order valence-corrected chi connectivity index (χ1v) is 5.18. The Morgan fingerprint density at radius 3 is 2.50 bits per heavy atom. The number of alkyl halides is 2. The lowest BCUT2D eigenvalue weighted by Crippen LogP contribution is -1.76. The predicted molar refractivity (Wildman–Crippen MR) is 56.3 cm³/mol. The summed E-state index contributed by atoms with van der Waals surface area (Å²) in [6, 6.07) is 5.57. The van der Waals surface area contributed by atoms with Crippen LogP contribution in [0.3, 0.4) is 0 Å². The second-order valence-corrected chi connectivity index (χ2v) is 4.56. The van der Waals surface area contributed by atoms with Gasteiger partial charge in [-0.05, 0) is 42.5 Å². The van der Waals surface area contributed by atoms with Crippen LogP contribution in [0.1, 0.15) is 22.4 Å². The molecule has 0 aliphatic rings. The number of fused-ring (bicyclic) bond motifs is 1. The van der Waals surface area contributed by atoms with Gasteiger partial charge < -0.3 is 0 Å². The number of hydrogen-bond acceptors (Lipinski definition) is 1. The number of aryl methyl sites for hydroxylation is 2. The first-order valence-electron chi connectivity index (χ1n) is 4.37. The van der Waals surface area contributed by atoms with Crippen LogP contribution in [-0.4, -0.2) is 0 Å². The van der Waals surface area contributed by atoms with E-state index in [2.05, 4.69) is 0 Å². The Morgan fingerprint density at radius 1 is 1.14 bits per heavy atom. The Bertz CT molecular complexity index is 471. The summed E-state index contributed by atoms with van der Waals surface area (Å²) in [5.41, 5.74) is 2.20. The number of halogens is 2. The van der Waals surface area contributed by atoms with E-state index in [1.807, 2.05) is 26.0 Å². The van der Waals surface area contributed by atoms with E-state index >= 15 is 0 Å². The van der Waals surface area contributed by atoms with Crippen molar-refractivity contribution in [1.29, 1.82) is 0 Å². The smallest absolute Gasteiger partial charge is 0.204 e. The van der Waals surface area contributed by atoms with Crippen molar-refractivity contribution in [2.24, 2.45) is 0 Å². The Balaban J connectivity index is 2.70. The minimum atomic E-state index is -2.35. The Labute approximate surface area is 85.2 Å². The zero-order valence-corrected chi connectivity index (χ0v) is 8.79. The molecule has 2 aromatic rings. The first kappa shape index (κ1) is 9.59. The lowest BCUT2D eigenvalue weighted by Gasteiger charge is -1.97. The van der Waals surface area contributed by atoms with Gasteiger partial charge in [0.05, 0.1) is 4.88 Å². The largest absolute Gasteiger partial charge is 0.272 e. The van der Waals surface area contributed by atoms with Crippen LogP contribution in [0, 0.1) is 13.8 Å². The SMILES string of the molecule is Cc1cc(C)c2cc(C(F)F)sc2c1. The van der Waals surface area contributed by atoms with Crippen LogP contribution >= 0.6 is 11.3 Å². The number of hydrogen-bond donors (Lipinski definition) is 0.